The van der Waals surface area contributed by atoms with Gasteiger partial charge in [0.2, 0.25) is 0 Å². The molecule has 0 atom stereocenters. The van der Waals surface area contributed by atoms with Crippen molar-refractivity contribution in [2.24, 2.45) is 0 Å². The first-order valence-electron chi connectivity index (χ1n) is 6.01. The lowest BCUT2D eigenvalue weighted by molar-refractivity contribution is 0.0601. The van der Waals surface area contributed by atoms with Crippen LogP contribution < -0.4 is 0 Å². The Morgan fingerprint density at radius 2 is 2.17 bits per heavy atom. The number of aromatic amines is 1. The highest BCUT2D eigenvalue weighted by atomic mass is 16.5. The molecule has 0 amide bonds. The van der Waals surface area contributed by atoms with Gasteiger partial charge in [-0.15, -0.1) is 0 Å². The number of ether oxygens (including phenoxy) is 1. The van der Waals surface area contributed by atoms with E-state index < -0.39 is 0 Å². The maximum Gasteiger partial charge on any atom is 0.337 e. The monoisotopic (exact) mass is 242 g/mol. The second-order valence-corrected chi connectivity index (χ2v) is 4.49. The van der Waals surface area contributed by atoms with Crippen LogP contribution in [0.3, 0.4) is 0 Å². The highest BCUT2D eigenvalue weighted by molar-refractivity contribution is 5.93. The molecule has 0 spiro atoms. The third kappa shape index (κ3) is 1.79. The lowest BCUT2D eigenvalue weighted by Crippen LogP contribution is -2.00. The van der Waals surface area contributed by atoms with E-state index in [4.69, 9.17) is 4.74 Å². The van der Waals surface area contributed by atoms with Crippen LogP contribution in [-0.2, 0) is 4.74 Å². The van der Waals surface area contributed by atoms with E-state index in [9.17, 15) is 4.79 Å². The summed E-state index contributed by atoms with van der Waals surface area (Å²) in [5, 5.41) is 0. The van der Waals surface area contributed by atoms with Crippen LogP contribution in [-0.4, -0.2) is 23.0 Å². The first kappa shape index (κ1) is 11.0. The summed E-state index contributed by atoms with van der Waals surface area (Å²) in [5.41, 5.74) is 2.33. The largest absolute Gasteiger partial charge is 0.465 e. The predicted octanol–water partition coefficient (Wildman–Crippen LogP) is 2.78. The number of aromatic nitrogens is 2. The van der Waals surface area contributed by atoms with Crippen molar-refractivity contribution in [1.29, 1.82) is 0 Å². The summed E-state index contributed by atoms with van der Waals surface area (Å²) in [7, 11) is 1.38. The molecule has 1 aliphatic carbocycles. The quantitative estimate of drug-likeness (QED) is 0.650. The molecule has 18 heavy (non-hydrogen) atoms. The van der Waals surface area contributed by atoms with Crippen molar-refractivity contribution in [3.63, 3.8) is 0 Å². The molecule has 0 radical (unpaired) electrons. The molecule has 0 fully saturated rings. The van der Waals surface area contributed by atoms with Crippen LogP contribution in [0.25, 0.3) is 11.0 Å². The van der Waals surface area contributed by atoms with Crippen LogP contribution >= 0.6 is 0 Å². The summed E-state index contributed by atoms with van der Waals surface area (Å²) in [6.45, 7) is 0. The molecule has 0 saturated heterocycles. The van der Waals surface area contributed by atoms with Crippen molar-refractivity contribution in [2.75, 3.05) is 7.11 Å². The zero-order valence-electron chi connectivity index (χ0n) is 10.1. The molecule has 1 heterocycles. The predicted molar refractivity (Wildman–Crippen MR) is 68.5 cm³/mol. The number of imidazole rings is 1. The summed E-state index contributed by atoms with van der Waals surface area (Å²) >= 11 is 0. The molecule has 0 bridgehead atoms. The number of hydrogen-bond donors (Lipinski definition) is 1. The average molecular weight is 242 g/mol. The molecule has 4 nitrogen and oxygen atoms in total. The minimum atomic E-state index is -0.324. The maximum absolute atomic E-state index is 11.5. The van der Waals surface area contributed by atoms with Gasteiger partial charge in [0.25, 0.3) is 0 Å². The van der Waals surface area contributed by atoms with Crippen LogP contribution in [0.5, 0.6) is 0 Å². The normalized spacial score (nSPS) is 15.4. The van der Waals surface area contributed by atoms with E-state index >= 15 is 0 Å². The molecule has 4 heteroatoms. The second-order valence-electron chi connectivity index (χ2n) is 4.49. The molecule has 0 aliphatic heterocycles. The van der Waals surface area contributed by atoms with E-state index in [1.54, 1.807) is 12.1 Å². The number of esters is 1. The van der Waals surface area contributed by atoms with E-state index in [0.717, 1.165) is 29.7 Å². The number of nitrogens with zero attached hydrogens (tertiary/aromatic N) is 1. The van der Waals surface area contributed by atoms with Crippen molar-refractivity contribution in [3.05, 3.63) is 41.7 Å². The maximum atomic E-state index is 11.5. The van der Waals surface area contributed by atoms with Crippen LogP contribution in [0.4, 0.5) is 0 Å². The minimum Gasteiger partial charge on any atom is -0.465 e. The summed E-state index contributed by atoms with van der Waals surface area (Å²) in [6.07, 6.45) is 6.42. The number of allylic oxidation sites excluding steroid dienone is 2. The Bertz CT molecular complexity index is 620. The molecule has 0 unspecified atom stereocenters. The lowest BCUT2D eigenvalue weighted by Gasteiger charge is -2.02. The van der Waals surface area contributed by atoms with Gasteiger partial charge in [0.1, 0.15) is 5.82 Å². The zero-order chi connectivity index (χ0) is 12.5. The van der Waals surface area contributed by atoms with Crippen molar-refractivity contribution >= 4 is 17.0 Å². The number of benzene rings is 1. The molecule has 2 aromatic rings. The molecule has 1 aromatic carbocycles. The Morgan fingerprint density at radius 3 is 2.89 bits per heavy atom. The fourth-order valence-electron chi connectivity index (χ4n) is 2.31. The van der Waals surface area contributed by atoms with Crippen LogP contribution in [0.1, 0.15) is 34.9 Å². The summed E-state index contributed by atoms with van der Waals surface area (Å²) < 4.78 is 4.71. The summed E-state index contributed by atoms with van der Waals surface area (Å²) in [6, 6.07) is 5.38. The topological polar surface area (TPSA) is 55.0 Å². The number of carbonyl (C=O) groups is 1. The second kappa shape index (κ2) is 4.29. The van der Waals surface area contributed by atoms with Gasteiger partial charge in [-0.25, -0.2) is 9.78 Å². The number of hydrogen-bond acceptors (Lipinski definition) is 3. The van der Waals surface area contributed by atoms with Crippen molar-refractivity contribution in [2.45, 2.75) is 18.8 Å². The van der Waals surface area contributed by atoms with Gasteiger partial charge in [-0.1, -0.05) is 12.2 Å². The van der Waals surface area contributed by atoms with Gasteiger partial charge >= 0.3 is 5.97 Å². The Hall–Kier alpha value is -2.10. The van der Waals surface area contributed by atoms with Crippen molar-refractivity contribution in [1.82, 2.24) is 9.97 Å². The summed E-state index contributed by atoms with van der Waals surface area (Å²) in [4.78, 5) is 19.3. The number of H-pyrrole nitrogens is 1. The first-order chi connectivity index (χ1) is 8.78. The van der Waals surface area contributed by atoms with Crippen molar-refractivity contribution < 1.29 is 9.53 Å². The van der Waals surface area contributed by atoms with Gasteiger partial charge in [0.15, 0.2) is 0 Å². The molecule has 1 N–H and O–H groups in total. The molecular formula is C14H14N2O2. The van der Waals surface area contributed by atoms with Crippen LogP contribution in [0, 0.1) is 0 Å². The summed E-state index contributed by atoms with van der Waals surface area (Å²) in [5.74, 6) is 1.12. The standard InChI is InChI=1S/C14H14N2O2/c1-18-14(17)10-6-7-11-12(8-10)16-13(15-11)9-4-2-3-5-9/h2-3,6-9H,4-5H2,1H3,(H,15,16). The highest BCUT2D eigenvalue weighted by Crippen LogP contribution is 2.28. The van der Waals surface area contributed by atoms with Gasteiger partial charge in [0.05, 0.1) is 23.7 Å². The molecular weight excluding hydrogens is 228 g/mol. The number of nitrogens with one attached hydrogen (secondary N) is 1. The van der Waals surface area contributed by atoms with E-state index in [2.05, 4.69) is 22.1 Å². The van der Waals surface area contributed by atoms with E-state index in [0.29, 0.717) is 11.5 Å². The molecule has 92 valence electrons. The third-order valence-electron chi connectivity index (χ3n) is 3.32. The van der Waals surface area contributed by atoms with Gasteiger partial charge in [-0.3, -0.25) is 0 Å². The Balaban J connectivity index is 1.98. The number of fused-ring (bicyclic) bond motifs is 1. The average Bonchev–Trinajstić information content (AvgIpc) is 3.04. The van der Waals surface area contributed by atoms with E-state index in [-0.39, 0.29) is 5.97 Å². The van der Waals surface area contributed by atoms with Gasteiger partial charge in [0, 0.05) is 5.92 Å². The SMILES string of the molecule is COC(=O)c1ccc2nc(C3CC=CC3)[nH]c2c1. The molecule has 3 rings (SSSR count). The van der Waals surface area contributed by atoms with Crippen LogP contribution in [0.2, 0.25) is 0 Å². The van der Waals surface area contributed by atoms with E-state index in [1.807, 2.05) is 6.07 Å². The highest BCUT2D eigenvalue weighted by Gasteiger charge is 2.17. The van der Waals surface area contributed by atoms with Gasteiger partial charge in [-0.2, -0.15) is 0 Å². The molecule has 1 aromatic heterocycles. The Labute approximate surface area is 105 Å². The Kier molecular flexibility index (Phi) is 2.63. The Morgan fingerprint density at radius 1 is 1.39 bits per heavy atom. The third-order valence-corrected chi connectivity index (χ3v) is 3.32. The number of rotatable bonds is 2. The number of carbonyl (C=O) groups excluding carboxylic acids is 1. The first-order valence-corrected chi connectivity index (χ1v) is 6.01. The number of methoxy groups -OCH3 is 1. The van der Waals surface area contributed by atoms with E-state index in [1.165, 1.54) is 7.11 Å². The lowest BCUT2D eigenvalue weighted by atomic mass is 10.1. The fourth-order valence-corrected chi connectivity index (χ4v) is 2.31. The van der Waals surface area contributed by atoms with Gasteiger partial charge < -0.3 is 9.72 Å². The molecule has 1 aliphatic rings. The molecule has 0 saturated carbocycles. The zero-order valence-corrected chi connectivity index (χ0v) is 10.1. The van der Waals surface area contributed by atoms with Gasteiger partial charge in [-0.05, 0) is 31.0 Å². The smallest absolute Gasteiger partial charge is 0.337 e. The van der Waals surface area contributed by atoms with Crippen LogP contribution in [0.15, 0.2) is 30.4 Å². The van der Waals surface area contributed by atoms with Crippen molar-refractivity contribution in [3.8, 4) is 0 Å². The fraction of sp³-hybridized carbons (Fsp3) is 0.286. The minimum absolute atomic E-state index is 0.324.